The fourth-order valence-corrected chi connectivity index (χ4v) is 2.14. The molecule has 0 spiro atoms. The maximum atomic E-state index is 11.7. The van der Waals surface area contributed by atoms with E-state index in [2.05, 4.69) is 10.3 Å². The van der Waals surface area contributed by atoms with Gasteiger partial charge in [-0.15, -0.1) is 0 Å². The molecule has 15 heavy (non-hydrogen) atoms. The summed E-state index contributed by atoms with van der Waals surface area (Å²) < 4.78 is 0. The quantitative estimate of drug-likeness (QED) is 0.741. The van der Waals surface area contributed by atoms with E-state index in [9.17, 15) is 4.79 Å². The average Bonchev–Trinajstić information content (AvgIpc) is 2.81. The van der Waals surface area contributed by atoms with Gasteiger partial charge in [0, 0.05) is 12.2 Å². The molecule has 0 radical (unpaired) electrons. The second-order valence-electron chi connectivity index (χ2n) is 4.22. The molecule has 2 N–H and O–H groups in total. The number of nitrogens with one attached hydrogen (secondary N) is 2. The first kappa shape index (κ1) is 10.4. The summed E-state index contributed by atoms with van der Waals surface area (Å²) in [5.41, 5.74) is 0.707. The summed E-state index contributed by atoms with van der Waals surface area (Å²) in [5, 5.41) is 3.34. The molecule has 0 saturated heterocycles. The maximum Gasteiger partial charge on any atom is 0.192 e. The summed E-state index contributed by atoms with van der Waals surface area (Å²) in [6, 6.07) is 4.23. The van der Waals surface area contributed by atoms with Gasteiger partial charge in [-0.2, -0.15) is 0 Å². The van der Waals surface area contributed by atoms with Crippen molar-refractivity contribution < 1.29 is 4.79 Å². The van der Waals surface area contributed by atoms with E-state index >= 15 is 0 Å². The molecule has 82 valence electrons. The van der Waals surface area contributed by atoms with Crippen LogP contribution in [0.1, 0.15) is 42.6 Å². The zero-order valence-electron chi connectivity index (χ0n) is 8.96. The van der Waals surface area contributed by atoms with Crippen LogP contribution in [0.15, 0.2) is 18.3 Å². The molecular weight excluding hydrogens is 188 g/mol. The Kier molecular flexibility index (Phi) is 3.56. The molecule has 0 atom stereocenters. The number of Topliss-reactive ketones (excluding diaryl/α,β-unsaturated/α-hetero) is 1. The summed E-state index contributed by atoms with van der Waals surface area (Å²) >= 11 is 0. The van der Waals surface area contributed by atoms with Crippen LogP contribution in [0.4, 0.5) is 0 Å². The van der Waals surface area contributed by atoms with Crippen LogP contribution in [0.2, 0.25) is 0 Å². The third kappa shape index (κ3) is 2.93. The van der Waals surface area contributed by atoms with Crippen LogP contribution in [-0.4, -0.2) is 23.4 Å². The molecule has 1 aromatic heterocycles. The third-order valence-corrected chi connectivity index (χ3v) is 3.05. The van der Waals surface area contributed by atoms with Crippen LogP contribution in [0.5, 0.6) is 0 Å². The molecule has 0 aromatic carbocycles. The van der Waals surface area contributed by atoms with Crippen LogP contribution >= 0.6 is 0 Å². The van der Waals surface area contributed by atoms with Gasteiger partial charge in [-0.05, 0) is 25.0 Å². The number of aromatic nitrogens is 1. The first-order valence-electron chi connectivity index (χ1n) is 5.76. The smallest absolute Gasteiger partial charge is 0.192 e. The van der Waals surface area contributed by atoms with Gasteiger partial charge in [-0.25, -0.2) is 0 Å². The van der Waals surface area contributed by atoms with E-state index in [1.165, 1.54) is 32.1 Å². The number of hydrogen-bond acceptors (Lipinski definition) is 2. The lowest BCUT2D eigenvalue weighted by atomic mass is 9.95. The summed E-state index contributed by atoms with van der Waals surface area (Å²) in [5.74, 6) is 0.158. The maximum absolute atomic E-state index is 11.7. The Labute approximate surface area is 90.3 Å². The van der Waals surface area contributed by atoms with Gasteiger partial charge in [-0.1, -0.05) is 19.3 Å². The number of carbonyl (C=O) groups is 1. The van der Waals surface area contributed by atoms with E-state index < -0.39 is 0 Å². The molecule has 2 rings (SSSR count). The summed E-state index contributed by atoms with van der Waals surface area (Å²) in [6.45, 7) is 0.463. The minimum atomic E-state index is 0.158. The largest absolute Gasteiger partial charge is 0.359 e. The molecule has 0 aliphatic heterocycles. The van der Waals surface area contributed by atoms with Gasteiger partial charge in [-0.3, -0.25) is 4.79 Å². The van der Waals surface area contributed by atoms with E-state index in [1.54, 1.807) is 6.20 Å². The predicted octanol–water partition coefficient (Wildman–Crippen LogP) is 2.12. The highest BCUT2D eigenvalue weighted by molar-refractivity contribution is 5.95. The number of H-pyrrole nitrogens is 1. The molecule has 1 fully saturated rings. The van der Waals surface area contributed by atoms with Crippen LogP contribution < -0.4 is 5.32 Å². The highest BCUT2D eigenvalue weighted by Crippen LogP contribution is 2.17. The van der Waals surface area contributed by atoms with E-state index in [-0.39, 0.29) is 5.78 Å². The zero-order valence-corrected chi connectivity index (χ0v) is 8.96. The topological polar surface area (TPSA) is 44.9 Å². The second kappa shape index (κ2) is 5.12. The Morgan fingerprint density at radius 3 is 2.87 bits per heavy atom. The fraction of sp³-hybridized carbons (Fsp3) is 0.583. The summed E-state index contributed by atoms with van der Waals surface area (Å²) in [7, 11) is 0. The van der Waals surface area contributed by atoms with Crippen molar-refractivity contribution in [2.75, 3.05) is 6.54 Å². The van der Waals surface area contributed by atoms with Crippen molar-refractivity contribution in [2.45, 2.75) is 38.1 Å². The first-order chi connectivity index (χ1) is 7.36. The molecule has 0 amide bonds. The standard InChI is InChI=1S/C12H18N2O/c15-12(11-7-4-8-13-11)9-14-10-5-2-1-3-6-10/h4,7-8,10,13-14H,1-3,5-6,9H2. The average molecular weight is 206 g/mol. The first-order valence-corrected chi connectivity index (χ1v) is 5.76. The number of rotatable bonds is 4. The van der Waals surface area contributed by atoms with Crippen LogP contribution in [-0.2, 0) is 0 Å². The molecule has 3 heteroatoms. The Morgan fingerprint density at radius 2 is 2.20 bits per heavy atom. The Morgan fingerprint density at radius 1 is 1.40 bits per heavy atom. The van der Waals surface area contributed by atoms with Gasteiger partial charge >= 0.3 is 0 Å². The monoisotopic (exact) mass is 206 g/mol. The van der Waals surface area contributed by atoms with Crippen molar-refractivity contribution in [3.8, 4) is 0 Å². The minimum Gasteiger partial charge on any atom is -0.359 e. The SMILES string of the molecule is O=C(CNC1CCCCC1)c1ccc[nH]1. The highest BCUT2D eigenvalue weighted by Gasteiger charge is 2.14. The van der Waals surface area contributed by atoms with E-state index in [1.807, 2.05) is 12.1 Å². The second-order valence-corrected chi connectivity index (χ2v) is 4.22. The molecule has 0 unspecified atom stereocenters. The van der Waals surface area contributed by atoms with Crippen molar-refractivity contribution in [1.82, 2.24) is 10.3 Å². The van der Waals surface area contributed by atoms with E-state index in [0.717, 1.165) is 0 Å². The Hall–Kier alpha value is -1.09. The normalized spacial score (nSPS) is 17.9. The number of ketones is 1. The summed E-state index contributed by atoms with van der Waals surface area (Å²) in [4.78, 5) is 14.6. The van der Waals surface area contributed by atoms with Crippen LogP contribution in [0.3, 0.4) is 0 Å². The van der Waals surface area contributed by atoms with Gasteiger partial charge < -0.3 is 10.3 Å². The zero-order chi connectivity index (χ0) is 10.5. The molecule has 3 nitrogen and oxygen atoms in total. The van der Waals surface area contributed by atoms with E-state index in [0.29, 0.717) is 18.3 Å². The number of aromatic amines is 1. The van der Waals surface area contributed by atoms with Crippen molar-refractivity contribution in [2.24, 2.45) is 0 Å². The number of hydrogen-bond donors (Lipinski definition) is 2. The Bertz CT molecular complexity index is 299. The lowest BCUT2D eigenvalue weighted by Gasteiger charge is -2.22. The van der Waals surface area contributed by atoms with Gasteiger partial charge in [0.25, 0.3) is 0 Å². The third-order valence-electron chi connectivity index (χ3n) is 3.05. The van der Waals surface area contributed by atoms with Crippen molar-refractivity contribution in [1.29, 1.82) is 0 Å². The van der Waals surface area contributed by atoms with Crippen molar-refractivity contribution in [3.63, 3.8) is 0 Å². The molecule has 1 saturated carbocycles. The fourth-order valence-electron chi connectivity index (χ4n) is 2.14. The molecule has 1 aliphatic carbocycles. The van der Waals surface area contributed by atoms with Crippen molar-refractivity contribution in [3.05, 3.63) is 24.0 Å². The highest BCUT2D eigenvalue weighted by atomic mass is 16.1. The molecule has 0 bridgehead atoms. The summed E-state index contributed by atoms with van der Waals surface area (Å²) in [6.07, 6.45) is 8.18. The van der Waals surface area contributed by atoms with Crippen molar-refractivity contribution >= 4 is 5.78 Å². The molecule has 1 aliphatic rings. The van der Waals surface area contributed by atoms with Crippen LogP contribution in [0.25, 0.3) is 0 Å². The lowest BCUT2D eigenvalue weighted by molar-refractivity contribution is 0.0980. The van der Waals surface area contributed by atoms with E-state index in [4.69, 9.17) is 0 Å². The van der Waals surface area contributed by atoms with Gasteiger partial charge in [0.2, 0.25) is 0 Å². The molecule has 1 aromatic rings. The van der Waals surface area contributed by atoms with Crippen LogP contribution in [0, 0.1) is 0 Å². The molecule has 1 heterocycles. The van der Waals surface area contributed by atoms with Gasteiger partial charge in [0.1, 0.15) is 0 Å². The number of carbonyl (C=O) groups excluding carboxylic acids is 1. The van der Waals surface area contributed by atoms with Gasteiger partial charge in [0.05, 0.1) is 12.2 Å². The molecular formula is C12H18N2O. The van der Waals surface area contributed by atoms with Gasteiger partial charge in [0.15, 0.2) is 5.78 Å². The predicted molar refractivity (Wildman–Crippen MR) is 60.0 cm³/mol. The minimum absolute atomic E-state index is 0.158. The lowest BCUT2D eigenvalue weighted by Crippen LogP contribution is -2.35. The Balaban J connectivity index is 1.75.